The number of hydrogen-bond donors (Lipinski definition) is 1. The lowest BCUT2D eigenvalue weighted by atomic mass is 10.2. The maximum Gasteiger partial charge on any atom is 0.224 e. The Morgan fingerprint density at radius 3 is 2.64 bits per heavy atom. The molecule has 0 radical (unpaired) electrons. The number of aliphatic hydroxyl groups is 1. The van der Waals surface area contributed by atoms with Crippen LogP contribution in [0.15, 0.2) is 0 Å². The predicted octanol–water partition coefficient (Wildman–Crippen LogP) is -0.368. The minimum Gasteiger partial charge on any atom is -0.390 e. The first-order valence-corrected chi connectivity index (χ1v) is 3.75. The quantitative estimate of drug-likeness (QED) is 0.599. The van der Waals surface area contributed by atoms with Crippen LogP contribution in [0.2, 0.25) is 0 Å². The molecule has 1 N–H and O–H groups in total. The molecule has 1 amide bonds. The maximum absolute atomic E-state index is 10.9. The van der Waals surface area contributed by atoms with Crippen LogP contribution in [0.3, 0.4) is 0 Å². The molecule has 0 aromatic heterocycles. The van der Waals surface area contributed by atoms with Gasteiger partial charge in [0.1, 0.15) is 0 Å². The van der Waals surface area contributed by atoms with Gasteiger partial charge < -0.3 is 14.5 Å². The Hall–Kier alpha value is -0.180. The highest BCUT2D eigenvalue weighted by molar-refractivity contribution is 7.09. The fourth-order valence-corrected chi connectivity index (χ4v) is 0.776. The fourth-order valence-electron chi connectivity index (χ4n) is 0.554. The minimum absolute atomic E-state index is 0.0976. The molecule has 0 rings (SSSR count). The molecule has 0 saturated heterocycles. The molecule has 0 aromatic rings. The first kappa shape index (κ1) is 10.8. The second-order valence-electron chi connectivity index (χ2n) is 2.48. The topological polar surface area (TPSA) is 49.8 Å². The van der Waals surface area contributed by atoms with E-state index in [4.69, 9.17) is 5.11 Å². The Morgan fingerprint density at radius 2 is 2.27 bits per heavy atom. The second kappa shape index (κ2) is 5.47. The van der Waals surface area contributed by atoms with Crippen LogP contribution in [-0.4, -0.2) is 42.7 Å². The zero-order valence-electron chi connectivity index (χ0n) is 6.78. The van der Waals surface area contributed by atoms with Gasteiger partial charge in [-0.15, -0.1) is 0 Å². The number of amides is 1. The molecule has 0 aromatic carbocycles. The summed E-state index contributed by atoms with van der Waals surface area (Å²) >= 11 is 0. The van der Waals surface area contributed by atoms with Crippen molar-refractivity contribution in [2.24, 2.45) is 0 Å². The van der Waals surface area contributed by atoms with Crippen molar-refractivity contribution in [3.63, 3.8) is 0 Å². The molecule has 0 aliphatic carbocycles. The monoisotopic (exact) mass is 179 g/mol. The van der Waals surface area contributed by atoms with Crippen LogP contribution >= 0.6 is 9.47 Å². The molecule has 2 atom stereocenters. The van der Waals surface area contributed by atoms with Crippen molar-refractivity contribution in [1.29, 1.82) is 0 Å². The fraction of sp³-hybridized carbons (Fsp3) is 0.833. The van der Waals surface area contributed by atoms with Crippen LogP contribution in [-0.2, 0) is 9.32 Å². The standard InChI is InChI=1S/C6H14NO3P/c1-7(2)6(9)3-5(8)4-10-11/h5,8H,3-4,11H2,1-2H3/t5-/m0/s1. The lowest BCUT2D eigenvalue weighted by molar-refractivity contribution is -0.131. The van der Waals surface area contributed by atoms with Gasteiger partial charge in [0.05, 0.1) is 19.1 Å². The summed E-state index contributed by atoms with van der Waals surface area (Å²) in [5, 5.41) is 9.08. The lowest BCUT2D eigenvalue weighted by Gasteiger charge is -2.13. The molecule has 1 unspecified atom stereocenters. The summed E-state index contributed by atoms with van der Waals surface area (Å²) in [6.07, 6.45) is -0.594. The third-order valence-corrected chi connectivity index (χ3v) is 1.39. The SMILES string of the molecule is CN(C)C(=O)C[C@H](O)COP. The number of carbonyl (C=O) groups excluding carboxylic acids is 1. The normalized spacial score (nSPS) is 12.7. The van der Waals surface area contributed by atoms with Crippen molar-refractivity contribution in [2.45, 2.75) is 12.5 Å². The Bertz CT molecular complexity index is 129. The molecule has 66 valence electrons. The van der Waals surface area contributed by atoms with Gasteiger partial charge in [-0.3, -0.25) is 4.79 Å². The van der Waals surface area contributed by atoms with Crippen molar-refractivity contribution >= 4 is 15.4 Å². The smallest absolute Gasteiger partial charge is 0.224 e. The summed E-state index contributed by atoms with van der Waals surface area (Å²) in [4.78, 5) is 12.4. The molecule has 5 heteroatoms. The Balaban J connectivity index is 3.57. The van der Waals surface area contributed by atoms with E-state index in [0.717, 1.165) is 0 Å². The average Bonchev–Trinajstić information content (AvgIpc) is 1.87. The first-order chi connectivity index (χ1) is 5.07. The van der Waals surface area contributed by atoms with Crippen LogP contribution in [0.25, 0.3) is 0 Å². The van der Waals surface area contributed by atoms with Gasteiger partial charge in [0.25, 0.3) is 0 Å². The Kier molecular flexibility index (Phi) is 5.38. The van der Waals surface area contributed by atoms with Crippen molar-refractivity contribution < 1.29 is 14.4 Å². The number of carbonyl (C=O) groups is 1. The van der Waals surface area contributed by atoms with Crippen LogP contribution in [0.4, 0.5) is 0 Å². The maximum atomic E-state index is 10.9. The molecule has 0 spiro atoms. The summed E-state index contributed by atoms with van der Waals surface area (Å²) in [7, 11) is 5.32. The van der Waals surface area contributed by atoms with E-state index in [1.807, 2.05) is 9.47 Å². The van der Waals surface area contributed by atoms with Gasteiger partial charge in [-0.05, 0) is 0 Å². The van der Waals surface area contributed by atoms with E-state index in [9.17, 15) is 4.79 Å². The molecule has 0 saturated carbocycles. The van der Waals surface area contributed by atoms with Gasteiger partial charge in [-0.25, -0.2) is 0 Å². The number of rotatable bonds is 4. The van der Waals surface area contributed by atoms with Gasteiger partial charge >= 0.3 is 0 Å². The van der Waals surface area contributed by atoms with Gasteiger partial charge in [-0.1, -0.05) is 0 Å². The number of hydrogen-bond acceptors (Lipinski definition) is 3. The summed E-state index contributed by atoms with van der Waals surface area (Å²) in [6, 6.07) is 0. The third-order valence-electron chi connectivity index (χ3n) is 1.20. The highest BCUT2D eigenvalue weighted by Gasteiger charge is 2.11. The van der Waals surface area contributed by atoms with Crippen molar-refractivity contribution in [2.75, 3.05) is 20.7 Å². The van der Waals surface area contributed by atoms with E-state index in [2.05, 4.69) is 4.52 Å². The van der Waals surface area contributed by atoms with E-state index >= 15 is 0 Å². The largest absolute Gasteiger partial charge is 0.390 e. The molecule has 0 fully saturated rings. The third kappa shape index (κ3) is 5.13. The Morgan fingerprint density at radius 1 is 1.73 bits per heavy atom. The molecular formula is C6H14NO3P. The number of nitrogens with zero attached hydrogens (tertiary/aromatic N) is 1. The molecule has 0 heterocycles. The molecule has 4 nitrogen and oxygen atoms in total. The highest BCUT2D eigenvalue weighted by Crippen LogP contribution is 1.98. The van der Waals surface area contributed by atoms with E-state index in [0.29, 0.717) is 0 Å². The van der Waals surface area contributed by atoms with Gasteiger partial charge in [0, 0.05) is 23.6 Å². The van der Waals surface area contributed by atoms with Crippen LogP contribution < -0.4 is 0 Å². The minimum atomic E-state index is -0.706. The van der Waals surface area contributed by atoms with Gasteiger partial charge in [-0.2, -0.15) is 0 Å². The summed E-state index contributed by atoms with van der Waals surface area (Å²) < 4.78 is 4.58. The number of aliphatic hydroxyl groups excluding tert-OH is 1. The average molecular weight is 179 g/mol. The molecular weight excluding hydrogens is 165 g/mol. The summed E-state index contributed by atoms with van der Waals surface area (Å²) in [5.41, 5.74) is 0. The molecule has 0 aliphatic rings. The molecule has 11 heavy (non-hydrogen) atoms. The van der Waals surface area contributed by atoms with Crippen LogP contribution in [0.5, 0.6) is 0 Å². The molecule has 0 bridgehead atoms. The summed E-state index contributed by atoms with van der Waals surface area (Å²) in [6.45, 7) is 0.171. The van der Waals surface area contributed by atoms with Gasteiger partial charge in [0.15, 0.2) is 0 Å². The van der Waals surface area contributed by atoms with E-state index < -0.39 is 6.10 Å². The van der Waals surface area contributed by atoms with Crippen molar-refractivity contribution in [3.8, 4) is 0 Å². The molecule has 0 aliphatic heterocycles. The van der Waals surface area contributed by atoms with Crippen molar-refractivity contribution in [3.05, 3.63) is 0 Å². The first-order valence-electron chi connectivity index (χ1n) is 3.27. The second-order valence-corrected chi connectivity index (χ2v) is 2.81. The summed E-state index contributed by atoms with van der Waals surface area (Å²) in [5.74, 6) is -0.0976. The lowest BCUT2D eigenvalue weighted by Crippen LogP contribution is -2.27. The van der Waals surface area contributed by atoms with Crippen LogP contribution in [0.1, 0.15) is 6.42 Å². The Labute approximate surface area is 68.8 Å². The zero-order chi connectivity index (χ0) is 8.85. The van der Waals surface area contributed by atoms with E-state index in [1.54, 1.807) is 14.1 Å². The van der Waals surface area contributed by atoms with Crippen molar-refractivity contribution in [1.82, 2.24) is 4.90 Å². The van der Waals surface area contributed by atoms with Gasteiger partial charge in [0.2, 0.25) is 5.91 Å². The van der Waals surface area contributed by atoms with E-state index in [-0.39, 0.29) is 18.9 Å². The predicted molar refractivity (Wildman–Crippen MR) is 45.0 cm³/mol. The zero-order valence-corrected chi connectivity index (χ0v) is 7.93. The van der Waals surface area contributed by atoms with Crippen LogP contribution in [0, 0.1) is 0 Å². The van der Waals surface area contributed by atoms with E-state index in [1.165, 1.54) is 4.90 Å². The highest BCUT2D eigenvalue weighted by atomic mass is 31.0.